The van der Waals surface area contributed by atoms with Crippen LogP contribution in [0.15, 0.2) is 48.5 Å². The Morgan fingerprint density at radius 2 is 1.74 bits per heavy atom. The van der Waals surface area contributed by atoms with E-state index in [1.165, 1.54) is 0 Å². The number of nitrogens with one attached hydrogen (secondary N) is 1. The van der Waals surface area contributed by atoms with Crippen molar-refractivity contribution in [1.29, 1.82) is 0 Å². The van der Waals surface area contributed by atoms with E-state index >= 15 is 0 Å². The number of piperazine rings is 1. The van der Waals surface area contributed by atoms with E-state index in [2.05, 4.69) is 29.3 Å². The van der Waals surface area contributed by atoms with Gasteiger partial charge in [0.15, 0.2) is 0 Å². The second-order valence-corrected chi connectivity index (χ2v) is 9.47. The molecule has 34 heavy (non-hydrogen) atoms. The number of aromatic nitrogens is 1. The monoisotopic (exact) mass is 456 g/mol. The quantitative estimate of drug-likeness (QED) is 0.638. The first-order chi connectivity index (χ1) is 16.6. The van der Waals surface area contributed by atoms with Crippen molar-refractivity contribution < 1.29 is 9.59 Å². The number of hydrogen-bond acceptors (Lipinski definition) is 4. The molecule has 2 amide bonds. The van der Waals surface area contributed by atoms with Crippen molar-refractivity contribution in [3.8, 4) is 0 Å². The number of carbonyl (C=O) groups is 2. The van der Waals surface area contributed by atoms with Crippen LogP contribution in [0.2, 0.25) is 0 Å². The number of carbonyl (C=O) groups excluding carboxylic acids is 2. The van der Waals surface area contributed by atoms with Crippen molar-refractivity contribution >= 4 is 22.7 Å². The van der Waals surface area contributed by atoms with Gasteiger partial charge in [-0.1, -0.05) is 42.0 Å². The minimum absolute atomic E-state index is 0.0216. The molecule has 0 spiro atoms. The molecular formula is C28H32N4O2. The molecule has 2 aromatic carbocycles. The Balaban J connectivity index is 1.25. The summed E-state index contributed by atoms with van der Waals surface area (Å²) < 4.78 is 0. The fourth-order valence-corrected chi connectivity index (χ4v) is 5.10. The van der Waals surface area contributed by atoms with Gasteiger partial charge in [0.2, 0.25) is 5.91 Å². The molecule has 3 aromatic rings. The lowest BCUT2D eigenvalue weighted by atomic mass is 9.89. The first-order valence-corrected chi connectivity index (χ1v) is 12.3. The normalized spacial score (nSPS) is 16.3. The van der Waals surface area contributed by atoms with E-state index in [9.17, 15) is 9.59 Å². The summed E-state index contributed by atoms with van der Waals surface area (Å²) in [5.41, 5.74) is 6.26. The van der Waals surface area contributed by atoms with Crippen molar-refractivity contribution in [2.24, 2.45) is 0 Å². The minimum atomic E-state index is 0.0216. The van der Waals surface area contributed by atoms with Gasteiger partial charge in [0.1, 0.15) is 0 Å². The molecule has 1 aromatic heterocycles. The maximum absolute atomic E-state index is 13.8. The summed E-state index contributed by atoms with van der Waals surface area (Å²) in [7, 11) is 0. The van der Waals surface area contributed by atoms with Gasteiger partial charge in [-0.05, 0) is 55.9 Å². The van der Waals surface area contributed by atoms with Gasteiger partial charge in [0.25, 0.3) is 5.91 Å². The van der Waals surface area contributed by atoms with E-state index < -0.39 is 0 Å². The van der Waals surface area contributed by atoms with Crippen LogP contribution in [0, 0.1) is 6.92 Å². The number of pyridine rings is 1. The molecule has 0 bridgehead atoms. The van der Waals surface area contributed by atoms with Crippen LogP contribution in [-0.4, -0.2) is 59.3 Å². The fourth-order valence-electron chi connectivity index (χ4n) is 5.10. The number of rotatable bonds is 5. The van der Waals surface area contributed by atoms with Crippen molar-refractivity contribution in [1.82, 2.24) is 20.1 Å². The molecule has 1 saturated heterocycles. The maximum atomic E-state index is 13.8. The van der Waals surface area contributed by atoms with Crippen LogP contribution in [0.3, 0.4) is 0 Å². The second kappa shape index (κ2) is 9.94. The number of nitrogens with zero attached hydrogens (tertiary/aromatic N) is 3. The molecule has 6 nitrogen and oxygen atoms in total. The largest absolute Gasteiger partial charge is 0.351 e. The van der Waals surface area contributed by atoms with Gasteiger partial charge in [0, 0.05) is 43.8 Å². The summed E-state index contributed by atoms with van der Waals surface area (Å²) in [4.78, 5) is 35.2. The summed E-state index contributed by atoms with van der Waals surface area (Å²) in [5, 5.41) is 3.98. The molecule has 0 saturated carbocycles. The SMILES string of the molecule is Cc1ccc2nc3c(c(C(=O)N4CCN(CC(=O)NCc5ccccc5)CC4)c2c1)CCCC3. The molecule has 1 aliphatic carbocycles. The van der Waals surface area contributed by atoms with Gasteiger partial charge in [-0.25, -0.2) is 0 Å². The van der Waals surface area contributed by atoms with Gasteiger partial charge in [-0.3, -0.25) is 19.5 Å². The average molecular weight is 457 g/mol. The smallest absolute Gasteiger partial charge is 0.254 e. The van der Waals surface area contributed by atoms with Crippen LogP contribution in [-0.2, 0) is 24.2 Å². The summed E-state index contributed by atoms with van der Waals surface area (Å²) in [6.07, 6.45) is 4.12. The van der Waals surface area contributed by atoms with Crippen LogP contribution in [0.25, 0.3) is 10.9 Å². The number of aryl methyl sites for hydroxylation is 2. The third-order valence-electron chi connectivity index (χ3n) is 6.99. The number of hydrogen-bond donors (Lipinski definition) is 1. The Bertz CT molecular complexity index is 1200. The summed E-state index contributed by atoms with van der Waals surface area (Å²) >= 11 is 0. The Morgan fingerprint density at radius 3 is 2.53 bits per heavy atom. The molecule has 1 N–H and O–H groups in total. The number of amides is 2. The van der Waals surface area contributed by atoms with Crippen molar-refractivity contribution in [2.45, 2.75) is 39.2 Å². The second-order valence-electron chi connectivity index (χ2n) is 9.47. The summed E-state index contributed by atoms with van der Waals surface area (Å²) in [5.74, 6) is 0.137. The summed E-state index contributed by atoms with van der Waals surface area (Å²) in [6, 6.07) is 16.2. The van der Waals surface area contributed by atoms with Crippen molar-refractivity contribution in [2.75, 3.05) is 32.7 Å². The highest BCUT2D eigenvalue weighted by Crippen LogP contribution is 2.31. The van der Waals surface area contributed by atoms with Crippen LogP contribution >= 0.6 is 0 Å². The molecule has 6 heteroatoms. The molecule has 1 aliphatic heterocycles. The topological polar surface area (TPSA) is 65.5 Å². The Morgan fingerprint density at radius 1 is 0.971 bits per heavy atom. The highest BCUT2D eigenvalue weighted by atomic mass is 16.2. The van der Waals surface area contributed by atoms with Crippen LogP contribution in [0.1, 0.15) is 45.6 Å². The zero-order valence-electron chi connectivity index (χ0n) is 19.8. The van der Waals surface area contributed by atoms with E-state index in [0.717, 1.165) is 64.5 Å². The molecular weight excluding hydrogens is 424 g/mol. The molecule has 176 valence electrons. The predicted molar refractivity (Wildman–Crippen MR) is 134 cm³/mol. The van der Waals surface area contributed by atoms with Crippen LogP contribution in [0.5, 0.6) is 0 Å². The van der Waals surface area contributed by atoms with Crippen molar-refractivity contribution in [3.05, 3.63) is 76.5 Å². The van der Waals surface area contributed by atoms with E-state index in [1.807, 2.05) is 41.3 Å². The third kappa shape index (κ3) is 4.82. The molecule has 2 aliphatic rings. The lowest BCUT2D eigenvalue weighted by Crippen LogP contribution is -2.51. The number of benzene rings is 2. The van der Waals surface area contributed by atoms with Crippen molar-refractivity contribution in [3.63, 3.8) is 0 Å². The van der Waals surface area contributed by atoms with Crippen LogP contribution in [0.4, 0.5) is 0 Å². The first-order valence-electron chi connectivity index (χ1n) is 12.3. The van der Waals surface area contributed by atoms with E-state index in [-0.39, 0.29) is 11.8 Å². The van der Waals surface area contributed by atoms with Gasteiger partial charge in [0.05, 0.1) is 17.6 Å². The molecule has 0 atom stereocenters. The highest BCUT2D eigenvalue weighted by Gasteiger charge is 2.28. The lowest BCUT2D eigenvalue weighted by molar-refractivity contribution is -0.122. The molecule has 1 fully saturated rings. The minimum Gasteiger partial charge on any atom is -0.351 e. The van der Waals surface area contributed by atoms with Gasteiger partial charge in [-0.15, -0.1) is 0 Å². The summed E-state index contributed by atoms with van der Waals surface area (Å²) in [6.45, 7) is 5.64. The van der Waals surface area contributed by atoms with E-state index in [4.69, 9.17) is 4.98 Å². The third-order valence-corrected chi connectivity index (χ3v) is 6.99. The van der Waals surface area contributed by atoms with E-state index in [0.29, 0.717) is 39.3 Å². The Kier molecular flexibility index (Phi) is 6.59. The first kappa shape index (κ1) is 22.5. The molecule has 2 heterocycles. The predicted octanol–water partition coefficient (Wildman–Crippen LogP) is 3.50. The Hall–Kier alpha value is -3.25. The van der Waals surface area contributed by atoms with Gasteiger partial charge < -0.3 is 10.2 Å². The number of fused-ring (bicyclic) bond motifs is 2. The standard InChI is InChI=1S/C28H32N4O2/c1-20-11-12-25-23(17-20)27(22-9-5-6-10-24(22)30-25)28(34)32-15-13-31(14-16-32)19-26(33)29-18-21-7-3-2-4-8-21/h2-4,7-8,11-12,17H,5-6,9-10,13-16,18-19H2,1H3,(H,29,33). The molecule has 0 radical (unpaired) electrons. The maximum Gasteiger partial charge on any atom is 0.254 e. The highest BCUT2D eigenvalue weighted by molar-refractivity contribution is 6.08. The van der Waals surface area contributed by atoms with E-state index in [1.54, 1.807) is 0 Å². The Labute approximate surface area is 201 Å². The molecule has 0 unspecified atom stereocenters. The average Bonchev–Trinajstić information content (AvgIpc) is 2.87. The fraction of sp³-hybridized carbons (Fsp3) is 0.393. The zero-order chi connectivity index (χ0) is 23.5. The zero-order valence-corrected chi connectivity index (χ0v) is 19.8. The molecule has 5 rings (SSSR count). The van der Waals surface area contributed by atoms with Crippen LogP contribution < -0.4 is 5.32 Å². The van der Waals surface area contributed by atoms with Gasteiger partial charge >= 0.3 is 0 Å². The van der Waals surface area contributed by atoms with Gasteiger partial charge in [-0.2, -0.15) is 0 Å². The lowest BCUT2D eigenvalue weighted by Gasteiger charge is -2.35.